The maximum atomic E-state index is 13.2. The standard InChI is InChI=1S/C25H28N4O6/c1-25(18-4-7-20-21(14-18)35-13-12-34-20)23(31)29(24(32)27-25)16-22(30)26-19-5-2-17(3-6-19)15-28-8-10-33-11-9-28/h2-7,14H,8-13,15-16H2,1H3,(H,26,30)(H,27,32). The van der Waals surface area contributed by atoms with Gasteiger partial charge in [-0.2, -0.15) is 0 Å². The van der Waals surface area contributed by atoms with Crippen molar-refractivity contribution in [3.8, 4) is 11.5 Å². The maximum Gasteiger partial charge on any atom is 0.325 e. The molecule has 2 fully saturated rings. The van der Waals surface area contributed by atoms with Gasteiger partial charge in [-0.15, -0.1) is 0 Å². The molecule has 2 aromatic carbocycles. The van der Waals surface area contributed by atoms with Gasteiger partial charge in [0.05, 0.1) is 13.2 Å². The van der Waals surface area contributed by atoms with E-state index >= 15 is 0 Å². The van der Waals surface area contributed by atoms with E-state index in [9.17, 15) is 14.4 Å². The summed E-state index contributed by atoms with van der Waals surface area (Å²) in [6, 6.07) is 12.0. The van der Waals surface area contributed by atoms with Gasteiger partial charge in [0.25, 0.3) is 5.91 Å². The second-order valence-corrected chi connectivity index (χ2v) is 8.94. The number of rotatable bonds is 6. The number of imide groups is 1. The van der Waals surface area contributed by atoms with Gasteiger partial charge >= 0.3 is 6.03 Å². The van der Waals surface area contributed by atoms with Gasteiger partial charge in [0.15, 0.2) is 11.5 Å². The molecular weight excluding hydrogens is 452 g/mol. The van der Waals surface area contributed by atoms with Crippen LogP contribution in [0.15, 0.2) is 42.5 Å². The second kappa shape index (κ2) is 9.55. The number of morpholine rings is 1. The molecule has 1 unspecified atom stereocenters. The maximum absolute atomic E-state index is 13.2. The number of nitrogens with one attached hydrogen (secondary N) is 2. The first-order chi connectivity index (χ1) is 16.9. The highest BCUT2D eigenvalue weighted by Gasteiger charge is 2.49. The normalized spacial score (nSPS) is 22.1. The minimum absolute atomic E-state index is 0.389. The van der Waals surface area contributed by atoms with Gasteiger partial charge in [0.2, 0.25) is 5.91 Å². The van der Waals surface area contributed by atoms with Gasteiger partial charge < -0.3 is 24.8 Å². The highest BCUT2D eigenvalue weighted by molar-refractivity contribution is 6.10. The van der Waals surface area contributed by atoms with Crippen LogP contribution in [0.3, 0.4) is 0 Å². The lowest BCUT2D eigenvalue weighted by atomic mass is 9.91. The van der Waals surface area contributed by atoms with Crippen LogP contribution in [-0.2, 0) is 26.4 Å². The number of carbonyl (C=O) groups excluding carboxylic acids is 3. The first kappa shape index (κ1) is 23.1. The summed E-state index contributed by atoms with van der Waals surface area (Å²) < 4.78 is 16.5. The fourth-order valence-electron chi connectivity index (χ4n) is 4.45. The zero-order valence-electron chi connectivity index (χ0n) is 19.5. The van der Waals surface area contributed by atoms with Crippen molar-refractivity contribution in [3.63, 3.8) is 0 Å². The van der Waals surface area contributed by atoms with Gasteiger partial charge in [-0.25, -0.2) is 4.79 Å². The van der Waals surface area contributed by atoms with Gasteiger partial charge in [0.1, 0.15) is 25.3 Å². The van der Waals surface area contributed by atoms with Crippen LogP contribution in [0.2, 0.25) is 0 Å². The molecule has 35 heavy (non-hydrogen) atoms. The summed E-state index contributed by atoms with van der Waals surface area (Å²) >= 11 is 0. The molecule has 10 nitrogen and oxygen atoms in total. The Morgan fingerprint density at radius 1 is 1.00 bits per heavy atom. The Kier molecular flexibility index (Phi) is 6.31. The summed E-state index contributed by atoms with van der Waals surface area (Å²) in [7, 11) is 0. The summed E-state index contributed by atoms with van der Waals surface area (Å²) in [5.41, 5.74) is 0.976. The first-order valence-electron chi connectivity index (χ1n) is 11.7. The number of ether oxygens (including phenoxy) is 3. The Balaban J connectivity index is 1.21. The molecule has 4 amide bonds. The topological polar surface area (TPSA) is 109 Å². The molecule has 2 aromatic rings. The van der Waals surface area contributed by atoms with Crippen molar-refractivity contribution in [2.75, 3.05) is 51.4 Å². The molecule has 3 aliphatic rings. The molecule has 0 aromatic heterocycles. The van der Waals surface area contributed by atoms with Crippen LogP contribution in [-0.4, -0.2) is 73.7 Å². The first-order valence-corrected chi connectivity index (χ1v) is 11.7. The molecule has 1 atom stereocenters. The van der Waals surface area contributed by atoms with Crippen LogP contribution in [0.4, 0.5) is 10.5 Å². The lowest BCUT2D eigenvalue weighted by Crippen LogP contribution is -2.42. The summed E-state index contributed by atoms with van der Waals surface area (Å²) in [6.07, 6.45) is 0. The number of hydrogen-bond donors (Lipinski definition) is 2. The lowest BCUT2D eigenvalue weighted by molar-refractivity contribution is -0.133. The second-order valence-electron chi connectivity index (χ2n) is 8.94. The number of amides is 4. The van der Waals surface area contributed by atoms with Gasteiger partial charge in [-0.1, -0.05) is 18.2 Å². The summed E-state index contributed by atoms with van der Waals surface area (Å²) in [4.78, 5) is 41.7. The van der Waals surface area contributed by atoms with E-state index in [1.165, 1.54) is 0 Å². The Hall–Kier alpha value is -3.63. The third-order valence-corrected chi connectivity index (χ3v) is 6.44. The predicted molar refractivity (Wildman–Crippen MR) is 126 cm³/mol. The molecule has 0 aliphatic carbocycles. The summed E-state index contributed by atoms with van der Waals surface area (Å²) in [6.45, 7) is 6.19. The van der Waals surface area contributed by atoms with Crippen molar-refractivity contribution in [1.82, 2.24) is 15.1 Å². The fraction of sp³-hybridized carbons (Fsp3) is 0.400. The Bertz CT molecular complexity index is 1130. The Morgan fingerprint density at radius 2 is 1.71 bits per heavy atom. The number of urea groups is 1. The van der Waals surface area contributed by atoms with E-state index in [-0.39, 0.29) is 6.54 Å². The zero-order chi connectivity index (χ0) is 24.4. The van der Waals surface area contributed by atoms with Crippen LogP contribution in [0, 0.1) is 0 Å². The van der Waals surface area contributed by atoms with E-state index in [1.807, 2.05) is 24.3 Å². The molecule has 2 N–H and O–H groups in total. The van der Waals surface area contributed by atoms with Gasteiger partial charge in [-0.3, -0.25) is 19.4 Å². The Labute approximate surface area is 203 Å². The molecule has 3 aliphatic heterocycles. The van der Waals surface area contributed by atoms with Crippen molar-refractivity contribution in [1.29, 1.82) is 0 Å². The minimum Gasteiger partial charge on any atom is -0.486 e. The van der Waals surface area contributed by atoms with E-state index < -0.39 is 23.4 Å². The van der Waals surface area contributed by atoms with Crippen molar-refractivity contribution in [3.05, 3.63) is 53.6 Å². The van der Waals surface area contributed by atoms with Gasteiger partial charge in [0, 0.05) is 25.3 Å². The molecule has 0 saturated carbocycles. The van der Waals surface area contributed by atoms with Crippen molar-refractivity contribution in [2.45, 2.75) is 19.0 Å². The van der Waals surface area contributed by atoms with E-state index in [0.29, 0.717) is 36.0 Å². The van der Waals surface area contributed by atoms with Crippen LogP contribution in [0.5, 0.6) is 11.5 Å². The van der Waals surface area contributed by atoms with E-state index in [4.69, 9.17) is 14.2 Å². The molecule has 184 valence electrons. The summed E-state index contributed by atoms with van der Waals surface area (Å²) in [5.74, 6) is 0.147. The fourth-order valence-corrected chi connectivity index (χ4v) is 4.45. The van der Waals surface area contributed by atoms with Crippen molar-refractivity contribution < 1.29 is 28.6 Å². The van der Waals surface area contributed by atoms with Crippen molar-refractivity contribution in [2.24, 2.45) is 0 Å². The molecule has 5 rings (SSSR count). The molecule has 2 saturated heterocycles. The van der Waals surface area contributed by atoms with Crippen LogP contribution < -0.4 is 20.1 Å². The minimum atomic E-state index is -1.31. The molecule has 10 heteroatoms. The number of benzene rings is 2. The molecule has 3 heterocycles. The van der Waals surface area contributed by atoms with Crippen LogP contribution in [0.25, 0.3) is 0 Å². The molecule has 0 radical (unpaired) electrons. The highest BCUT2D eigenvalue weighted by atomic mass is 16.6. The number of fused-ring (bicyclic) bond motifs is 1. The third kappa shape index (κ3) is 4.80. The largest absolute Gasteiger partial charge is 0.486 e. The highest BCUT2D eigenvalue weighted by Crippen LogP contribution is 2.36. The quantitative estimate of drug-likeness (QED) is 0.606. The lowest BCUT2D eigenvalue weighted by Gasteiger charge is -2.26. The molecule has 0 bridgehead atoms. The van der Waals surface area contributed by atoms with Crippen LogP contribution >= 0.6 is 0 Å². The van der Waals surface area contributed by atoms with E-state index in [0.717, 1.165) is 43.3 Å². The monoisotopic (exact) mass is 480 g/mol. The molecular formula is C25H28N4O6. The predicted octanol–water partition coefficient (Wildman–Crippen LogP) is 1.70. The number of nitrogens with zero attached hydrogens (tertiary/aromatic N) is 2. The SMILES string of the molecule is CC1(c2ccc3c(c2)OCCO3)NC(=O)N(CC(=O)Nc2ccc(CN3CCOCC3)cc2)C1=O. The zero-order valence-corrected chi connectivity index (χ0v) is 19.5. The third-order valence-electron chi connectivity index (χ3n) is 6.44. The average molecular weight is 481 g/mol. The Morgan fingerprint density at radius 3 is 2.46 bits per heavy atom. The van der Waals surface area contributed by atoms with Gasteiger partial charge in [-0.05, 0) is 42.3 Å². The number of hydrogen-bond acceptors (Lipinski definition) is 7. The van der Waals surface area contributed by atoms with E-state index in [1.54, 1.807) is 25.1 Å². The molecule has 0 spiro atoms. The summed E-state index contributed by atoms with van der Waals surface area (Å²) in [5, 5.41) is 5.48. The van der Waals surface area contributed by atoms with Crippen LogP contribution in [0.1, 0.15) is 18.1 Å². The number of carbonyl (C=O) groups is 3. The number of anilines is 1. The van der Waals surface area contributed by atoms with Crippen molar-refractivity contribution >= 4 is 23.5 Å². The van der Waals surface area contributed by atoms with E-state index in [2.05, 4.69) is 15.5 Å². The average Bonchev–Trinajstić information content (AvgIpc) is 3.09. The smallest absolute Gasteiger partial charge is 0.325 e.